The fourth-order valence-corrected chi connectivity index (χ4v) is 4.98. The average Bonchev–Trinajstić information content (AvgIpc) is 2.89. The predicted octanol–water partition coefficient (Wildman–Crippen LogP) is 8.86. The summed E-state index contributed by atoms with van der Waals surface area (Å²) < 4.78 is 12.2. The quantitative estimate of drug-likeness (QED) is 0.0708. The van der Waals surface area contributed by atoms with Crippen LogP contribution in [0.4, 0.5) is 0 Å². The summed E-state index contributed by atoms with van der Waals surface area (Å²) in [7, 11) is 4.48. The van der Waals surface area contributed by atoms with Gasteiger partial charge in [-0.2, -0.15) is 0 Å². The summed E-state index contributed by atoms with van der Waals surface area (Å²) >= 11 is 0. The fourth-order valence-electron chi connectivity index (χ4n) is 4.98. The van der Waals surface area contributed by atoms with Crippen LogP contribution in [0, 0.1) is 0 Å². The van der Waals surface area contributed by atoms with Gasteiger partial charge in [0, 0.05) is 18.9 Å². The highest BCUT2D eigenvalue weighted by Gasteiger charge is 2.16. The van der Waals surface area contributed by atoms with E-state index in [0.29, 0.717) is 6.42 Å². The number of carbonyl (C=O) groups is 1. The molecule has 0 amide bonds. The van der Waals surface area contributed by atoms with Crippen LogP contribution < -0.4 is 4.74 Å². The van der Waals surface area contributed by atoms with Crippen molar-refractivity contribution in [1.82, 2.24) is 0 Å². The molecule has 2 aromatic rings. The molecule has 0 heterocycles. The zero-order valence-corrected chi connectivity index (χ0v) is 24.8. The van der Waals surface area contributed by atoms with Gasteiger partial charge in [-0.15, -0.1) is 0 Å². The number of ether oxygens (including phenoxy) is 2. The summed E-state index contributed by atoms with van der Waals surface area (Å²) in [6, 6.07) is 18.8. The van der Waals surface area contributed by atoms with E-state index in [1.807, 2.05) is 12.1 Å². The molecule has 0 saturated carbocycles. The molecule has 0 aromatic heterocycles. The number of nitrogens with zero attached hydrogens (tertiary/aromatic N) is 1. The summed E-state index contributed by atoms with van der Waals surface area (Å²) in [5, 5.41) is 0. The molecule has 0 spiro atoms. The first-order chi connectivity index (χ1) is 18.4. The molecule has 0 saturated heterocycles. The van der Waals surface area contributed by atoms with Gasteiger partial charge in [-0.3, -0.25) is 4.79 Å². The Morgan fingerprint density at radius 2 is 1.34 bits per heavy atom. The van der Waals surface area contributed by atoms with Crippen molar-refractivity contribution in [2.24, 2.45) is 0 Å². The molecule has 0 bridgehead atoms. The van der Waals surface area contributed by atoms with E-state index in [0.717, 1.165) is 42.6 Å². The summed E-state index contributed by atoms with van der Waals surface area (Å²) in [4.78, 5) is 12.3. The second kappa shape index (κ2) is 18.8. The number of quaternary nitrogens is 1. The Balaban J connectivity index is 1.53. The Labute approximate surface area is 233 Å². The van der Waals surface area contributed by atoms with Crippen molar-refractivity contribution in [1.29, 1.82) is 0 Å². The van der Waals surface area contributed by atoms with Gasteiger partial charge < -0.3 is 14.0 Å². The van der Waals surface area contributed by atoms with Crippen molar-refractivity contribution in [2.45, 2.75) is 117 Å². The van der Waals surface area contributed by atoms with Crippen molar-refractivity contribution < 1.29 is 18.8 Å². The molecule has 0 aliphatic heterocycles. The van der Waals surface area contributed by atoms with Crippen LogP contribution in [-0.2, 0) is 22.5 Å². The Kier molecular flexibility index (Phi) is 15.8. The lowest BCUT2D eigenvalue weighted by Gasteiger charge is -2.30. The van der Waals surface area contributed by atoms with Crippen LogP contribution in [0.1, 0.15) is 108 Å². The van der Waals surface area contributed by atoms with E-state index in [9.17, 15) is 4.79 Å². The Morgan fingerprint density at radius 3 is 1.97 bits per heavy atom. The number of carbonyl (C=O) groups excluding carboxylic acids is 1. The summed E-state index contributed by atoms with van der Waals surface area (Å²) in [6.07, 6.45) is 16.4. The summed E-state index contributed by atoms with van der Waals surface area (Å²) in [5.74, 6) is 0.556. The Morgan fingerprint density at radius 1 is 0.737 bits per heavy atom. The van der Waals surface area contributed by atoms with Crippen LogP contribution in [0.3, 0.4) is 0 Å². The molecule has 0 aliphatic carbocycles. The van der Waals surface area contributed by atoms with Gasteiger partial charge in [0.1, 0.15) is 12.3 Å². The van der Waals surface area contributed by atoms with Gasteiger partial charge in [-0.25, -0.2) is 0 Å². The number of esters is 1. The van der Waals surface area contributed by atoms with E-state index in [4.69, 9.17) is 9.47 Å². The van der Waals surface area contributed by atoms with E-state index < -0.39 is 6.29 Å². The van der Waals surface area contributed by atoms with Crippen molar-refractivity contribution in [3.63, 3.8) is 0 Å². The number of aryl methyl sites for hydroxylation is 1. The number of hydrogen-bond acceptors (Lipinski definition) is 3. The van der Waals surface area contributed by atoms with E-state index in [1.54, 1.807) is 6.92 Å². The molecule has 1 atom stereocenters. The van der Waals surface area contributed by atoms with E-state index in [-0.39, 0.29) is 5.97 Å². The molecule has 2 rings (SSSR count). The molecule has 0 aliphatic rings. The highest BCUT2D eigenvalue weighted by Crippen LogP contribution is 2.18. The Bertz CT molecular complexity index is 863. The van der Waals surface area contributed by atoms with Crippen molar-refractivity contribution in [3.05, 3.63) is 65.7 Å². The third-order valence-corrected chi connectivity index (χ3v) is 7.19. The Hall–Kier alpha value is -2.33. The fraction of sp³-hybridized carbons (Fsp3) is 0.618. The van der Waals surface area contributed by atoms with E-state index >= 15 is 0 Å². The largest absolute Gasteiger partial charge is 0.455 e. The topological polar surface area (TPSA) is 35.5 Å². The van der Waals surface area contributed by atoms with Gasteiger partial charge in [0.2, 0.25) is 6.29 Å². The molecule has 4 heteroatoms. The van der Waals surface area contributed by atoms with Crippen molar-refractivity contribution >= 4 is 5.97 Å². The monoisotopic (exact) mass is 524 g/mol. The van der Waals surface area contributed by atoms with Gasteiger partial charge in [-0.05, 0) is 43.4 Å². The molecule has 4 nitrogen and oxygen atoms in total. The van der Waals surface area contributed by atoms with Crippen LogP contribution >= 0.6 is 0 Å². The second-order valence-corrected chi connectivity index (χ2v) is 11.5. The van der Waals surface area contributed by atoms with Crippen molar-refractivity contribution in [3.8, 4) is 5.75 Å². The maximum Gasteiger partial charge on any atom is 0.308 e. The summed E-state index contributed by atoms with van der Waals surface area (Å²) in [5.41, 5.74) is 2.69. The highest BCUT2D eigenvalue weighted by molar-refractivity contribution is 5.69. The molecular weight excluding hydrogens is 470 g/mol. The van der Waals surface area contributed by atoms with Crippen LogP contribution in [0.5, 0.6) is 5.75 Å². The minimum absolute atomic E-state index is 0.191. The number of rotatable bonds is 21. The molecule has 0 N–H and O–H groups in total. The predicted molar refractivity (Wildman–Crippen MR) is 159 cm³/mol. The minimum Gasteiger partial charge on any atom is -0.455 e. The maximum atomic E-state index is 12.3. The van der Waals surface area contributed by atoms with Crippen LogP contribution in [0.15, 0.2) is 54.6 Å². The molecule has 0 fully saturated rings. The van der Waals surface area contributed by atoms with Gasteiger partial charge in [-0.1, -0.05) is 107 Å². The SMILES string of the molecule is CCCCCCCCCCCCc1ccc(OC(C)OC(=O)CCCC[N+](C)(C)Cc2ccccc2)cc1. The average molecular weight is 525 g/mol. The molecule has 1 unspecified atom stereocenters. The number of unbranched alkanes of at least 4 members (excludes halogenated alkanes) is 10. The first kappa shape index (κ1) is 31.9. The van der Waals surface area contributed by atoms with Crippen molar-refractivity contribution in [2.75, 3.05) is 20.6 Å². The van der Waals surface area contributed by atoms with Crippen LogP contribution in [0.25, 0.3) is 0 Å². The summed E-state index contributed by atoms with van der Waals surface area (Å²) in [6.45, 7) is 6.08. The first-order valence-corrected chi connectivity index (χ1v) is 15.2. The third kappa shape index (κ3) is 15.2. The molecule has 212 valence electrons. The number of hydrogen-bond donors (Lipinski definition) is 0. The van der Waals surface area contributed by atoms with E-state index in [1.165, 1.54) is 75.3 Å². The lowest BCUT2D eigenvalue weighted by molar-refractivity contribution is -0.903. The number of benzene rings is 2. The normalized spacial score (nSPS) is 12.3. The van der Waals surface area contributed by atoms with Crippen LogP contribution in [-0.4, -0.2) is 37.4 Å². The lowest BCUT2D eigenvalue weighted by atomic mass is 10.0. The molecule has 0 radical (unpaired) electrons. The lowest BCUT2D eigenvalue weighted by Crippen LogP contribution is -2.39. The highest BCUT2D eigenvalue weighted by atomic mass is 16.7. The first-order valence-electron chi connectivity index (χ1n) is 15.2. The van der Waals surface area contributed by atoms with E-state index in [2.05, 4.69) is 63.5 Å². The van der Waals surface area contributed by atoms with Gasteiger partial charge in [0.05, 0.1) is 20.6 Å². The smallest absolute Gasteiger partial charge is 0.308 e. The molecule has 2 aromatic carbocycles. The van der Waals surface area contributed by atoms with Gasteiger partial charge in [0.25, 0.3) is 0 Å². The minimum atomic E-state index is -0.583. The standard InChI is InChI=1S/C34H54NO3/c1-5-6-7-8-9-10-11-12-13-15-20-31-24-26-33(27-25-31)37-30(2)38-34(36)23-18-19-28-35(3,4)29-32-21-16-14-17-22-32/h14,16-17,21-22,24-27,30H,5-13,15,18-20,23,28-29H2,1-4H3/q+1. The second-order valence-electron chi connectivity index (χ2n) is 11.5. The van der Waals surface area contributed by atoms with Crippen LogP contribution in [0.2, 0.25) is 0 Å². The van der Waals surface area contributed by atoms with Gasteiger partial charge >= 0.3 is 5.97 Å². The third-order valence-electron chi connectivity index (χ3n) is 7.19. The van der Waals surface area contributed by atoms with Gasteiger partial charge in [0.15, 0.2) is 0 Å². The molecular formula is C34H54NO3+. The zero-order valence-electron chi connectivity index (χ0n) is 24.8. The maximum absolute atomic E-state index is 12.3. The zero-order chi connectivity index (χ0) is 27.5. The molecule has 38 heavy (non-hydrogen) atoms.